The molecule has 0 aromatic carbocycles. The lowest BCUT2D eigenvalue weighted by Gasteiger charge is -2.32. The molecule has 0 bridgehead atoms. The Balaban J connectivity index is 4.07. The number of hydrogen-bond acceptors (Lipinski definition) is 5. The first-order valence-corrected chi connectivity index (χ1v) is 20.9. The summed E-state index contributed by atoms with van der Waals surface area (Å²) < 4.78 is 11.9. The average Bonchev–Trinajstić information content (AvgIpc) is 3.07. The summed E-state index contributed by atoms with van der Waals surface area (Å²) in [6, 6.07) is 0. The molecule has 6 heteroatoms. The van der Waals surface area contributed by atoms with Crippen LogP contribution in [0.25, 0.3) is 0 Å². The number of carbonyl (C=O) groups is 2. The highest BCUT2D eigenvalue weighted by Gasteiger charge is 2.26. The molecular formula is C43H82NO5+. The minimum absolute atomic E-state index is 0.0534. The van der Waals surface area contributed by atoms with Gasteiger partial charge in [0.05, 0.1) is 20.7 Å². The van der Waals surface area contributed by atoms with Gasteiger partial charge >= 0.3 is 11.9 Å². The van der Waals surface area contributed by atoms with Crippen molar-refractivity contribution < 1.29 is 28.7 Å². The first-order valence-electron chi connectivity index (χ1n) is 20.9. The predicted molar refractivity (Wildman–Crippen MR) is 209 cm³/mol. The van der Waals surface area contributed by atoms with Gasteiger partial charge in [-0.25, -0.2) is 0 Å². The van der Waals surface area contributed by atoms with Crippen LogP contribution in [0.15, 0.2) is 24.3 Å². The van der Waals surface area contributed by atoms with Crippen LogP contribution in [0.4, 0.5) is 0 Å². The Bertz CT molecular complexity index is 793. The van der Waals surface area contributed by atoms with Gasteiger partial charge in [0.2, 0.25) is 0 Å². The molecular weight excluding hydrogens is 610 g/mol. The van der Waals surface area contributed by atoms with Crippen molar-refractivity contribution in [2.24, 2.45) is 0 Å². The molecule has 6 nitrogen and oxygen atoms in total. The largest absolute Gasteiger partial charge is 0.461 e. The molecule has 1 N–H and O–H groups in total. The minimum atomic E-state index is -0.504. The number of aliphatic hydroxyl groups is 1. The molecule has 0 rings (SSSR count). The summed E-state index contributed by atoms with van der Waals surface area (Å²) in [4.78, 5) is 25.1. The van der Waals surface area contributed by atoms with E-state index in [-0.39, 0.29) is 25.2 Å². The van der Waals surface area contributed by atoms with Crippen molar-refractivity contribution in [3.05, 3.63) is 24.3 Å². The van der Waals surface area contributed by atoms with Gasteiger partial charge in [-0.15, -0.1) is 0 Å². The van der Waals surface area contributed by atoms with Crippen molar-refractivity contribution in [2.45, 2.75) is 200 Å². The molecule has 1 atom stereocenters. The number of hydrogen-bond donors (Lipinski definition) is 1. The average molecular weight is 693 g/mol. The monoisotopic (exact) mass is 693 g/mol. The lowest BCUT2D eigenvalue weighted by molar-refractivity contribution is -0.893. The highest BCUT2D eigenvalue weighted by atomic mass is 16.6. The van der Waals surface area contributed by atoms with Crippen molar-refractivity contribution in [1.29, 1.82) is 0 Å². The number of aliphatic hydroxyl groups excluding tert-OH is 1. The first kappa shape index (κ1) is 47.3. The molecule has 0 aromatic heterocycles. The number of unbranched alkanes of at least 4 members (excludes halogenated alkanes) is 22. The SMILES string of the molecule is CCCCCCCC/C=C\CCCCCCCC(=O)OC[C@H](C[N+](C)(C)CCO)OC(=O)CCCCCCC/C=C\CCCCCCCC. The lowest BCUT2D eigenvalue weighted by Crippen LogP contribution is -2.49. The molecule has 49 heavy (non-hydrogen) atoms. The first-order chi connectivity index (χ1) is 23.8. The zero-order valence-electron chi connectivity index (χ0n) is 33.0. The van der Waals surface area contributed by atoms with Gasteiger partial charge in [-0.05, 0) is 64.2 Å². The summed E-state index contributed by atoms with van der Waals surface area (Å²) in [6.45, 7) is 5.70. The Kier molecular flexibility index (Phi) is 34.9. The van der Waals surface area contributed by atoms with Gasteiger partial charge in [-0.2, -0.15) is 0 Å². The van der Waals surface area contributed by atoms with E-state index >= 15 is 0 Å². The fraction of sp³-hybridized carbons (Fsp3) is 0.860. The Morgan fingerprint density at radius 1 is 0.551 bits per heavy atom. The molecule has 0 radical (unpaired) electrons. The maximum atomic E-state index is 12.7. The molecule has 0 unspecified atom stereocenters. The van der Waals surface area contributed by atoms with Gasteiger partial charge in [0.15, 0.2) is 6.10 Å². The van der Waals surface area contributed by atoms with E-state index < -0.39 is 6.10 Å². The number of rotatable bonds is 37. The molecule has 0 heterocycles. The van der Waals surface area contributed by atoms with E-state index in [0.29, 0.717) is 30.4 Å². The van der Waals surface area contributed by atoms with Gasteiger partial charge in [0.1, 0.15) is 19.7 Å². The van der Waals surface area contributed by atoms with E-state index in [1.54, 1.807) is 0 Å². The van der Waals surface area contributed by atoms with Gasteiger partial charge in [-0.3, -0.25) is 9.59 Å². The van der Waals surface area contributed by atoms with Crippen molar-refractivity contribution in [3.8, 4) is 0 Å². The lowest BCUT2D eigenvalue weighted by atomic mass is 10.1. The van der Waals surface area contributed by atoms with E-state index in [4.69, 9.17) is 9.47 Å². The molecule has 0 aliphatic rings. The Hall–Kier alpha value is -1.66. The number of carbonyl (C=O) groups excluding carboxylic acids is 2. The van der Waals surface area contributed by atoms with Gasteiger partial charge in [0, 0.05) is 12.8 Å². The summed E-state index contributed by atoms with van der Waals surface area (Å²) in [6.07, 6.45) is 41.4. The normalized spacial score (nSPS) is 12.7. The second-order valence-corrected chi connectivity index (χ2v) is 15.0. The fourth-order valence-corrected chi connectivity index (χ4v) is 6.22. The maximum Gasteiger partial charge on any atom is 0.306 e. The van der Waals surface area contributed by atoms with Crippen LogP contribution in [0.1, 0.15) is 194 Å². The molecule has 0 spiro atoms. The van der Waals surface area contributed by atoms with Gasteiger partial charge in [0.25, 0.3) is 0 Å². The summed E-state index contributed by atoms with van der Waals surface area (Å²) in [5.74, 6) is -0.441. The highest BCUT2D eigenvalue weighted by Crippen LogP contribution is 2.14. The minimum Gasteiger partial charge on any atom is -0.461 e. The molecule has 0 aliphatic heterocycles. The molecule has 0 aliphatic carbocycles. The summed E-state index contributed by atoms with van der Waals surface area (Å²) in [5.41, 5.74) is 0. The predicted octanol–water partition coefficient (Wildman–Crippen LogP) is 11.6. The Labute approximate surface area is 304 Å². The third-order valence-electron chi connectivity index (χ3n) is 9.42. The van der Waals surface area contributed by atoms with E-state index in [1.165, 1.54) is 116 Å². The highest BCUT2D eigenvalue weighted by molar-refractivity contribution is 5.70. The van der Waals surface area contributed by atoms with Crippen molar-refractivity contribution >= 4 is 11.9 Å². The second-order valence-electron chi connectivity index (χ2n) is 15.0. The van der Waals surface area contributed by atoms with Crippen LogP contribution >= 0.6 is 0 Å². The zero-order chi connectivity index (χ0) is 36.1. The summed E-state index contributed by atoms with van der Waals surface area (Å²) in [5, 5.41) is 9.46. The zero-order valence-corrected chi connectivity index (χ0v) is 33.0. The molecule has 288 valence electrons. The van der Waals surface area contributed by atoms with E-state index in [1.807, 2.05) is 14.1 Å². The quantitative estimate of drug-likeness (QED) is 0.0304. The number of likely N-dealkylation sites (N-methyl/N-ethyl adjacent to an activating group) is 1. The van der Waals surface area contributed by atoms with Crippen LogP contribution in [0.3, 0.4) is 0 Å². The summed E-state index contributed by atoms with van der Waals surface area (Å²) >= 11 is 0. The van der Waals surface area contributed by atoms with Gasteiger partial charge in [-0.1, -0.05) is 141 Å². The number of quaternary nitrogens is 1. The molecule has 0 fully saturated rings. The smallest absolute Gasteiger partial charge is 0.306 e. The third-order valence-corrected chi connectivity index (χ3v) is 9.42. The summed E-state index contributed by atoms with van der Waals surface area (Å²) in [7, 11) is 3.99. The van der Waals surface area contributed by atoms with Crippen LogP contribution in [0.5, 0.6) is 0 Å². The van der Waals surface area contributed by atoms with E-state index in [9.17, 15) is 14.7 Å². The second kappa shape index (κ2) is 36.1. The van der Waals surface area contributed by atoms with Crippen LogP contribution in [-0.4, -0.2) is 68.0 Å². The van der Waals surface area contributed by atoms with Crippen LogP contribution < -0.4 is 0 Å². The van der Waals surface area contributed by atoms with E-state index in [2.05, 4.69) is 38.2 Å². The Morgan fingerprint density at radius 2 is 0.918 bits per heavy atom. The topological polar surface area (TPSA) is 72.8 Å². The number of ether oxygens (including phenoxy) is 2. The van der Waals surface area contributed by atoms with Gasteiger partial charge < -0.3 is 19.1 Å². The molecule has 0 saturated carbocycles. The third kappa shape index (κ3) is 36.0. The van der Waals surface area contributed by atoms with Crippen molar-refractivity contribution in [1.82, 2.24) is 0 Å². The van der Waals surface area contributed by atoms with Crippen LogP contribution in [0.2, 0.25) is 0 Å². The standard InChI is InChI=1S/C43H82NO5/c1-5-7-9-11-13-15-17-19-21-23-25-27-29-31-33-35-42(46)48-40-41(39-44(3,4)37-38-45)49-43(47)36-34-32-30-28-26-24-22-20-18-16-14-12-10-8-6-2/h19-22,41,45H,5-18,23-40H2,1-4H3/q+1/b21-19-,22-20-/t41-/m0/s1. The Morgan fingerprint density at radius 3 is 1.33 bits per heavy atom. The van der Waals surface area contributed by atoms with Crippen LogP contribution in [0, 0.1) is 0 Å². The number of nitrogens with zero attached hydrogens (tertiary/aromatic N) is 1. The molecule has 0 saturated heterocycles. The number of allylic oxidation sites excluding steroid dienone is 4. The molecule has 0 amide bonds. The van der Waals surface area contributed by atoms with Crippen LogP contribution in [-0.2, 0) is 19.1 Å². The van der Waals surface area contributed by atoms with Crippen molar-refractivity contribution in [2.75, 3.05) is 40.4 Å². The molecule has 0 aromatic rings. The maximum absolute atomic E-state index is 12.7. The fourth-order valence-electron chi connectivity index (χ4n) is 6.22. The number of esters is 2. The van der Waals surface area contributed by atoms with Crippen molar-refractivity contribution in [3.63, 3.8) is 0 Å². The van der Waals surface area contributed by atoms with E-state index in [0.717, 1.165) is 51.4 Å².